The summed E-state index contributed by atoms with van der Waals surface area (Å²) in [6.45, 7) is 11.4. The molecule has 0 spiro atoms. The molecule has 0 saturated heterocycles. The highest BCUT2D eigenvalue weighted by Gasteiger charge is 2.19. The molecule has 0 aliphatic rings. The quantitative estimate of drug-likeness (QED) is 0.0343. The van der Waals surface area contributed by atoms with E-state index >= 15 is 0 Å². The molecular formula is C61H118O6. The van der Waals surface area contributed by atoms with Crippen molar-refractivity contribution in [3.8, 4) is 0 Å². The van der Waals surface area contributed by atoms with Crippen molar-refractivity contribution in [2.24, 2.45) is 11.8 Å². The molecule has 0 aliphatic carbocycles. The first kappa shape index (κ1) is 65.4. The van der Waals surface area contributed by atoms with Crippen LogP contribution in [-0.2, 0) is 28.6 Å². The molecule has 0 aliphatic heterocycles. The minimum absolute atomic E-state index is 0.0624. The predicted molar refractivity (Wildman–Crippen MR) is 289 cm³/mol. The number of carbonyl (C=O) groups excluding carboxylic acids is 3. The van der Waals surface area contributed by atoms with E-state index in [0.717, 1.165) is 69.6 Å². The molecule has 0 aromatic rings. The fraction of sp³-hybridized carbons (Fsp3) is 0.951. The number of unbranched alkanes of at least 4 members (excludes halogenated alkanes) is 40. The number of hydrogen-bond acceptors (Lipinski definition) is 6. The van der Waals surface area contributed by atoms with Crippen LogP contribution in [0.15, 0.2) is 0 Å². The van der Waals surface area contributed by atoms with Gasteiger partial charge in [0.1, 0.15) is 13.2 Å². The molecule has 0 amide bonds. The summed E-state index contributed by atoms with van der Waals surface area (Å²) < 4.78 is 16.9. The Kier molecular flexibility index (Phi) is 52.5. The molecule has 0 rings (SSSR count). The van der Waals surface area contributed by atoms with Gasteiger partial charge < -0.3 is 14.2 Å². The molecule has 0 radical (unpaired) electrons. The lowest BCUT2D eigenvalue weighted by molar-refractivity contribution is -0.167. The van der Waals surface area contributed by atoms with Gasteiger partial charge in [0.05, 0.1) is 0 Å². The van der Waals surface area contributed by atoms with Crippen LogP contribution in [0.3, 0.4) is 0 Å². The van der Waals surface area contributed by atoms with Crippen molar-refractivity contribution >= 4 is 17.9 Å². The molecule has 0 heterocycles. The van der Waals surface area contributed by atoms with Gasteiger partial charge in [0.25, 0.3) is 0 Å². The van der Waals surface area contributed by atoms with E-state index in [1.54, 1.807) is 0 Å². The molecule has 398 valence electrons. The Bertz CT molecular complexity index is 1020. The molecule has 0 unspecified atom stereocenters. The fourth-order valence-corrected chi connectivity index (χ4v) is 9.40. The first-order valence-corrected chi connectivity index (χ1v) is 30.2. The summed E-state index contributed by atoms with van der Waals surface area (Å²) in [6, 6.07) is 0. The first-order valence-electron chi connectivity index (χ1n) is 30.2. The Morgan fingerprint density at radius 2 is 0.493 bits per heavy atom. The zero-order chi connectivity index (χ0) is 48.9. The maximum atomic E-state index is 12.9. The van der Waals surface area contributed by atoms with Crippen LogP contribution in [-0.4, -0.2) is 37.2 Å². The van der Waals surface area contributed by atoms with Crippen LogP contribution in [0.2, 0.25) is 0 Å². The molecule has 0 fully saturated rings. The van der Waals surface area contributed by atoms with Gasteiger partial charge in [-0.2, -0.15) is 0 Å². The molecule has 6 heteroatoms. The monoisotopic (exact) mass is 947 g/mol. The van der Waals surface area contributed by atoms with Crippen LogP contribution >= 0.6 is 0 Å². The highest BCUT2D eigenvalue weighted by molar-refractivity contribution is 5.71. The van der Waals surface area contributed by atoms with Gasteiger partial charge in [-0.1, -0.05) is 304 Å². The Labute approximate surface area is 418 Å². The smallest absolute Gasteiger partial charge is 0.306 e. The number of carbonyl (C=O) groups is 3. The minimum atomic E-state index is -0.763. The Morgan fingerprint density at radius 3 is 0.731 bits per heavy atom. The van der Waals surface area contributed by atoms with Crippen LogP contribution in [0.5, 0.6) is 0 Å². The van der Waals surface area contributed by atoms with Crippen molar-refractivity contribution in [3.05, 3.63) is 0 Å². The van der Waals surface area contributed by atoms with Gasteiger partial charge in [0, 0.05) is 19.3 Å². The summed E-state index contributed by atoms with van der Waals surface area (Å²) in [4.78, 5) is 38.2. The molecule has 0 N–H and O–H groups in total. The summed E-state index contributed by atoms with van der Waals surface area (Å²) in [6.07, 6.45) is 58.1. The largest absolute Gasteiger partial charge is 0.462 e. The van der Waals surface area contributed by atoms with Gasteiger partial charge in [0.15, 0.2) is 6.10 Å². The lowest BCUT2D eigenvalue weighted by atomic mass is 10.0. The Hall–Kier alpha value is -1.59. The molecule has 67 heavy (non-hydrogen) atoms. The fourth-order valence-electron chi connectivity index (χ4n) is 9.40. The van der Waals surface area contributed by atoms with E-state index < -0.39 is 6.10 Å². The van der Waals surface area contributed by atoms with E-state index in [2.05, 4.69) is 34.6 Å². The number of ether oxygens (including phenoxy) is 3. The summed E-state index contributed by atoms with van der Waals surface area (Å²) in [7, 11) is 0. The van der Waals surface area contributed by atoms with Crippen molar-refractivity contribution in [3.63, 3.8) is 0 Å². The maximum absolute atomic E-state index is 12.9. The lowest BCUT2D eigenvalue weighted by Crippen LogP contribution is -2.30. The molecule has 6 nitrogen and oxygen atoms in total. The molecular weight excluding hydrogens is 829 g/mol. The standard InChI is InChI=1S/C61H118O6/c1-6-7-8-9-10-11-12-13-21-26-31-36-41-46-51-59(62)65-54-58(67-61(64)53-48-43-38-33-28-23-25-30-35-40-45-50-57(4)5)55-66-60(63)52-47-42-37-32-27-22-19-17-15-14-16-18-20-24-29-34-39-44-49-56(2)3/h56-58H,6-55H2,1-5H3/t58-/m1/s1. The van der Waals surface area contributed by atoms with E-state index in [0.29, 0.717) is 19.3 Å². The van der Waals surface area contributed by atoms with Gasteiger partial charge in [-0.3, -0.25) is 14.4 Å². The van der Waals surface area contributed by atoms with E-state index in [9.17, 15) is 14.4 Å². The van der Waals surface area contributed by atoms with Gasteiger partial charge >= 0.3 is 17.9 Å². The zero-order valence-corrected chi connectivity index (χ0v) is 46.0. The van der Waals surface area contributed by atoms with Crippen LogP contribution in [0.4, 0.5) is 0 Å². The second-order valence-electron chi connectivity index (χ2n) is 21.9. The summed E-state index contributed by atoms with van der Waals surface area (Å²) >= 11 is 0. The van der Waals surface area contributed by atoms with Gasteiger partial charge in [0.2, 0.25) is 0 Å². The molecule has 1 atom stereocenters. The van der Waals surface area contributed by atoms with Crippen molar-refractivity contribution in [2.45, 2.75) is 349 Å². The average Bonchev–Trinajstić information content (AvgIpc) is 3.30. The van der Waals surface area contributed by atoms with Gasteiger partial charge in [-0.15, -0.1) is 0 Å². The van der Waals surface area contributed by atoms with Crippen molar-refractivity contribution in [2.75, 3.05) is 13.2 Å². The second kappa shape index (κ2) is 53.8. The first-order chi connectivity index (χ1) is 32.7. The van der Waals surface area contributed by atoms with E-state index in [-0.39, 0.29) is 31.1 Å². The normalized spacial score (nSPS) is 12.0. The number of hydrogen-bond donors (Lipinski definition) is 0. The Balaban J connectivity index is 4.24. The lowest BCUT2D eigenvalue weighted by Gasteiger charge is -2.18. The SMILES string of the molecule is CCCCCCCCCCCCCCCCC(=O)OC[C@H](COC(=O)CCCCCCCCCCCCCCCCCCCCC(C)C)OC(=O)CCCCCCCCCCCCCC(C)C. The summed E-state index contributed by atoms with van der Waals surface area (Å²) in [5.41, 5.74) is 0. The third-order valence-corrected chi connectivity index (χ3v) is 14.0. The van der Waals surface area contributed by atoms with Gasteiger partial charge in [-0.25, -0.2) is 0 Å². The van der Waals surface area contributed by atoms with Crippen LogP contribution in [0.1, 0.15) is 343 Å². The van der Waals surface area contributed by atoms with Crippen molar-refractivity contribution in [1.29, 1.82) is 0 Å². The number of rotatable bonds is 55. The molecule has 0 saturated carbocycles. The molecule has 0 aromatic heterocycles. The average molecular weight is 948 g/mol. The topological polar surface area (TPSA) is 78.9 Å². The second-order valence-corrected chi connectivity index (χ2v) is 21.9. The minimum Gasteiger partial charge on any atom is -0.462 e. The highest BCUT2D eigenvalue weighted by Crippen LogP contribution is 2.18. The van der Waals surface area contributed by atoms with Crippen LogP contribution < -0.4 is 0 Å². The maximum Gasteiger partial charge on any atom is 0.306 e. The summed E-state index contributed by atoms with van der Waals surface area (Å²) in [5, 5.41) is 0. The predicted octanol–water partition coefficient (Wildman–Crippen LogP) is 20.0. The van der Waals surface area contributed by atoms with E-state index in [1.165, 1.54) is 231 Å². The summed E-state index contributed by atoms with van der Waals surface area (Å²) in [5.74, 6) is 0.848. The molecule has 0 aromatic carbocycles. The van der Waals surface area contributed by atoms with E-state index in [1.807, 2.05) is 0 Å². The number of esters is 3. The zero-order valence-electron chi connectivity index (χ0n) is 46.0. The van der Waals surface area contributed by atoms with Crippen molar-refractivity contribution < 1.29 is 28.6 Å². The van der Waals surface area contributed by atoms with Crippen LogP contribution in [0, 0.1) is 11.8 Å². The molecule has 0 bridgehead atoms. The Morgan fingerprint density at radius 1 is 0.284 bits per heavy atom. The van der Waals surface area contributed by atoms with Crippen LogP contribution in [0.25, 0.3) is 0 Å². The van der Waals surface area contributed by atoms with Gasteiger partial charge in [-0.05, 0) is 31.1 Å². The highest BCUT2D eigenvalue weighted by atomic mass is 16.6. The van der Waals surface area contributed by atoms with Crippen molar-refractivity contribution in [1.82, 2.24) is 0 Å². The third kappa shape index (κ3) is 55.2. The third-order valence-electron chi connectivity index (χ3n) is 14.0. The van der Waals surface area contributed by atoms with E-state index in [4.69, 9.17) is 14.2 Å².